The second kappa shape index (κ2) is 8.27. The number of hydrogen-bond donors (Lipinski definition) is 2. The van der Waals surface area contributed by atoms with E-state index in [1.54, 1.807) is 12.0 Å². The van der Waals surface area contributed by atoms with E-state index in [0.29, 0.717) is 39.2 Å². The Morgan fingerprint density at radius 2 is 2.35 bits per heavy atom. The molecule has 0 aromatic carbocycles. The van der Waals surface area contributed by atoms with Crippen LogP contribution in [0.4, 0.5) is 0 Å². The molecule has 1 rings (SSSR count). The van der Waals surface area contributed by atoms with Gasteiger partial charge >= 0.3 is 0 Å². The Morgan fingerprint density at radius 1 is 1.65 bits per heavy atom. The molecular formula is C10H20ClN3O3. The van der Waals surface area contributed by atoms with E-state index in [1.165, 1.54) is 0 Å². The van der Waals surface area contributed by atoms with Crippen molar-refractivity contribution in [3.8, 4) is 0 Å². The van der Waals surface area contributed by atoms with Gasteiger partial charge in [-0.1, -0.05) is 0 Å². The van der Waals surface area contributed by atoms with E-state index in [9.17, 15) is 9.59 Å². The van der Waals surface area contributed by atoms with Crippen molar-refractivity contribution in [1.29, 1.82) is 0 Å². The van der Waals surface area contributed by atoms with Crippen LogP contribution in [0.2, 0.25) is 0 Å². The highest BCUT2D eigenvalue weighted by Gasteiger charge is 2.33. The zero-order valence-electron chi connectivity index (χ0n) is 9.98. The second-order valence-corrected chi connectivity index (χ2v) is 3.81. The summed E-state index contributed by atoms with van der Waals surface area (Å²) in [6.45, 7) is 2.42. The first-order chi connectivity index (χ1) is 7.69. The van der Waals surface area contributed by atoms with Crippen molar-refractivity contribution < 1.29 is 14.3 Å². The SMILES string of the molecule is COCCN1CC(C(=O)NCCN)CC1=O.Cl. The number of amides is 2. The Morgan fingerprint density at radius 3 is 2.94 bits per heavy atom. The third kappa shape index (κ3) is 4.89. The van der Waals surface area contributed by atoms with E-state index < -0.39 is 0 Å². The van der Waals surface area contributed by atoms with E-state index in [1.807, 2.05) is 0 Å². The molecular weight excluding hydrogens is 246 g/mol. The molecule has 0 aromatic rings. The molecule has 100 valence electrons. The van der Waals surface area contributed by atoms with E-state index in [2.05, 4.69) is 5.32 Å². The summed E-state index contributed by atoms with van der Waals surface area (Å²) in [6, 6.07) is 0. The zero-order chi connectivity index (χ0) is 12.0. The molecule has 1 atom stereocenters. The van der Waals surface area contributed by atoms with Crippen molar-refractivity contribution >= 4 is 24.2 Å². The number of carbonyl (C=O) groups is 2. The van der Waals surface area contributed by atoms with Crippen LogP contribution in [0.1, 0.15) is 6.42 Å². The summed E-state index contributed by atoms with van der Waals surface area (Å²) in [4.78, 5) is 24.8. The molecule has 0 bridgehead atoms. The number of carbonyl (C=O) groups excluding carboxylic acids is 2. The van der Waals surface area contributed by atoms with Crippen LogP contribution >= 0.6 is 12.4 Å². The lowest BCUT2D eigenvalue weighted by Gasteiger charge is -2.15. The largest absolute Gasteiger partial charge is 0.383 e. The van der Waals surface area contributed by atoms with E-state index in [-0.39, 0.29) is 30.1 Å². The normalized spacial score (nSPS) is 19.1. The predicted octanol–water partition coefficient (Wildman–Crippen LogP) is -1.02. The Kier molecular flexibility index (Phi) is 7.86. The van der Waals surface area contributed by atoms with E-state index in [4.69, 9.17) is 10.5 Å². The molecule has 6 nitrogen and oxygen atoms in total. The molecule has 1 aliphatic heterocycles. The lowest BCUT2D eigenvalue weighted by Crippen LogP contribution is -2.36. The van der Waals surface area contributed by atoms with E-state index in [0.717, 1.165) is 0 Å². The molecule has 1 unspecified atom stereocenters. The first-order valence-corrected chi connectivity index (χ1v) is 5.43. The predicted molar refractivity (Wildman–Crippen MR) is 65.9 cm³/mol. The number of hydrogen-bond acceptors (Lipinski definition) is 4. The number of nitrogens with one attached hydrogen (secondary N) is 1. The summed E-state index contributed by atoms with van der Waals surface area (Å²) < 4.78 is 4.90. The lowest BCUT2D eigenvalue weighted by atomic mass is 10.1. The fourth-order valence-corrected chi connectivity index (χ4v) is 1.71. The molecule has 1 fully saturated rings. The van der Waals surface area contributed by atoms with Gasteiger partial charge in [-0.3, -0.25) is 9.59 Å². The highest BCUT2D eigenvalue weighted by atomic mass is 35.5. The minimum absolute atomic E-state index is 0. The molecule has 1 heterocycles. The van der Waals surface area contributed by atoms with Crippen LogP contribution < -0.4 is 11.1 Å². The fraction of sp³-hybridized carbons (Fsp3) is 0.800. The summed E-state index contributed by atoms with van der Waals surface area (Å²) in [5.74, 6) is -0.306. The molecule has 1 saturated heterocycles. The molecule has 3 N–H and O–H groups in total. The summed E-state index contributed by atoms with van der Waals surface area (Å²) in [5, 5.41) is 2.70. The van der Waals surface area contributed by atoms with E-state index >= 15 is 0 Å². The minimum atomic E-state index is -0.240. The van der Waals surface area contributed by atoms with Crippen LogP contribution in [0.3, 0.4) is 0 Å². The molecule has 2 amide bonds. The van der Waals surface area contributed by atoms with Gasteiger partial charge in [0.2, 0.25) is 11.8 Å². The molecule has 0 radical (unpaired) electrons. The number of halogens is 1. The summed E-state index contributed by atoms with van der Waals surface area (Å²) in [6.07, 6.45) is 0.292. The maximum atomic E-state index is 11.6. The summed E-state index contributed by atoms with van der Waals surface area (Å²) in [5.41, 5.74) is 5.29. The topological polar surface area (TPSA) is 84.7 Å². The van der Waals surface area contributed by atoms with Crippen LogP contribution in [0.5, 0.6) is 0 Å². The van der Waals surface area contributed by atoms with Crippen molar-refractivity contribution in [3.05, 3.63) is 0 Å². The second-order valence-electron chi connectivity index (χ2n) is 3.81. The van der Waals surface area contributed by atoms with Gasteiger partial charge < -0.3 is 20.7 Å². The molecule has 0 saturated carbocycles. The van der Waals surface area contributed by atoms with Crippen molar-refractivity contribution in [2.45, 2.75) is 6.42 Å². The summed E-state index contributed by atoms with van der Waals surface area (Å²) in [7, 11) is 1.59. The van der Waals surface area contributed by atoms with Gasteiger partial charge in [-0.15, -0.1) is 12.4 Å². The monoisotopic (exact) mass is 265 g/mol. The number of nitrogens with two attached hydrogens (primary N) is 1. The van der Waals surface area contributed by atoms with Crippen molar-refractivity contribution in [3.63, 3.8) is 0 Å². The van der Waals surface area contributed by atoms with Gasteiger partial charge in [-0.25, -0.2) is 0 Å². The van der Waals surface area contributed by atoms with Gasteiger partial charge in [-0.05, 0) is 0 Å². The standard InChI is InChI=1S/C10H19N3O3.ClH/c1-16-5-4-13-7-8(6-9(13)14)10(15)12-3-2-11;/h8H,2-7,11H2,1H3,(H,12,15);1H. The van der Waals surface area contributed by atoms with Crippen LogP contribution in [0.25, 0.3) is 0 Å². The Labute approximate surface area is 107 Å². The Bertz CT molecular complexity index is 263. The third-order valence-corrected chi connectivity index (χ3v) is 2.59. The van der Waals surface area contributed by atoms with Gasteiger partial charge in [0.05, 0.1) is 12.5 Å². The smallest absolute Gasteiger partial charge is 0.225 e. The highest BCUT2D eigenvalue weighted by Crippen LogP contribution is 2.17. The van der Waals surface area contributed by atoms with Crippen LogP contribution in [-0.4, -0.2) is 56.6 Å². The molecule has 0 spiro atoms. The van der Waals surface area contributed by atoms with Crippen molar-refractivity contribution in [2.75, 3.05) is 39.9 Å². The third-order valence-electron chi connectivity index (χ3n) is 2.59. The Hall–Kier alpha value is -0.850. The van der Waals surface area contributed by atoms with Crippen LogP contribution in [0, 0.1) is 5.92 Å². The number of rotatable bonds is 6. The highest BCUT2D eigenvalue weighted by molar-refractivity contribution is 5.89. The molecule has 0 aliphatic carbocycles. The fourth-order valence-electron chi connectivity index (χ4n) is 1.71. The van der Waals surface area contributed by atoms with Gasteiger partial charge in [0, 0.05) is 39.7 Å². The molecule has 7 heteroatoms. The zero-order valence-corrected chi connectivity index (χ0v) is 10.8. The molecule has 17 heavy (non-hydrogen) atoms. The maximum absolute atomic E-state index is 11.6. The van der Waals surface area contributed by atoms with Crippen molar-refractivity contribution in [2.24, 2.45) is 11.7 Å². The van der Waals surface area contributed by atoms with Gasteiger partial charge in [0.25, 0.3) is 0 Å². The first kappa shape index (κ1) is 16.1. The van der Waals surface area contributed by atoms with Gasteiger partial charge in [-0.2, -0.15) is 0 Å². The quantitative estimate of drug-likeness (QED) is 0.644. The number of ether oxygens (including phenoxy) is 1. The first-order valence-electron chi connectivity index (χ1n) is 5.43. The van der Waals surface area contributed by atoms with Crippen LogP contribution in [0.15, 0.2) is 0 Å². The summed E-state index contributed by atoms with van der Waals surface area (Å²) >= 11 is 0. The van der Waals surface area contributed by atoms with Crippen molar-refractivity contribution in [1.82, 2.24) is 10.2 Å². The number of likely N-dealkylation sites (tertiary alicyclic amines) is 1. The number of methoxy groups -OCH3 is 1. The average molecular weight is 266 g/mol. The number of nitrogens with zero attached hydrogens (tertiary/aromatic N) is 1. The average Bonchev–Trinajstić information content (AvgIpc) is 2.65. The van der Waals surface area contributed by atoms with Gasteiger partial charge in [0.1, 0.15) is 0 Å². The minimum Gasteiger partial charge on any atom is -0.383 e. The van der Waals surface area contributed by atoms with Crippen LogP contribution in [-0.2, 0) is 14.3 Å². The lowest BCUT2D eigenvalue weighted by molar-refractivity contribution is -0.129. The Balaban J connectivity index is 0.00000256. The molecule has 1 aliphatic rings. The van der Waals surface area contributed by atoms with Gasteiger partial charge in [0.15, 0.2) is 0 Å². The molecule has 0 aromatic heterocycles. The maximum Gasteiger partial charge on any atom is 0.225 e.